The summed E-state index contributed by atoms with van der Waals surface area (Å²) in [6.45, 7) is 2.13. The van der Waals surface area contributed by atoms with Gasteiger partial charge in [0.2, 0.25) is 0 Å². The highest BCUT2D eigenvalue weighted by molar-refractivity contribution is 5.36. The van der Waals surface area contributed by atoms with Crippen molar-refractivity contribution in [3.63, 3.8) is 0 Å². The van der Waals surface area contributed by atoms with Gasteiger partial charge in [-0.05, 0) is 55.7 Å². The molecule has 2 heteroatoms. The summed E-state index contributed by atoms with van der Waals surface area (Å²) in [6, 6.07) is 6.81. The molecule has 0 amide bonds. The van der Waals surface area contributed by atoms with Crippen LogP contribution in [-0.2, 0) is 17.6 Å². The molecule has 1 saturated heterocycles. The number of benzene rings is 1. The Bertz CT molecular complexity index is 415. The fraction of sp³-hybridized carbons (Fsp3) is 0.600. The first-order chi connectivity index (χ1) is 8.24. The first-order valence-corrected chi connectivity index (χ1v) is 6.77. The molecule has 1 aromatic rings. The highest BCUT2D eigenvalue weighted by Gasteiger charge is 2.28. The lowest BCUT2D eigenvalue weighted by molar-refractivity contribution is 0.0401. The molecule has 1 heterocycles. The molecule has 1 fully saturated rings. The maximum absolute atomic E-state index is 6.33. The summed E-state index contributed by atoms with van der Waals surface area (Å²) in [6.07, 6.45) is 6.58. The van der Waals surface area contributed by atoms with Gasteiger partial charge >= 0.3 is 0 Å². The molecule has 2 nitrogen and oxygen atoms in total. The van der Waals surface area contributed by atoms with Crippen molar-refractivity contribution in [2.24, 2.45) is 5.73 Å². The summed E-state index contributed by atoms with van der Waals surface area (Å²) in [5.41, 5.74) is 10.6. The second-order valence-corrected chi connectivity index (χ2v) is 5.47. The van der Waals surface area contributed by atoms with Gasteiger partial charge in [0, 0.05) is 0 Å². The van der Waals surface area contributed by atoms with Crippen molar-refractivity contribution in [2.75, 3.05) is 0 Å². The van der Waals surface area contributed by atoms with E-state index in [0.717, 1.165) is 12.8 Å². The van der Waals surface area contributed by atoms with E-state index < -0.39 is 0 Å². The lowest BCUT2D eigenvalue weighted by Gasteiger charge is -2.20. The van der Waals surface area contributed by atoms with Gasteiger partial charge < -0.3 is 10.5 Å². The Hall–Kier alpha value is -0.860. The van der Waals surface area contributed by atoms with Crippen molar-refractivity contribution < 1.29 is 4.74 Å². The fourth-order valence-electron chi connectivity index (χ4n) is 3.11. The molecule has 0 saturated carbocycles. The summed E-state index contributed by atoms with van der Waals surface area (Å²) in [7, 11) is 0. The molecule has 1 aliphatic heterocycles. The van der Waals surface area contributed by atoms with E-state index in [9.17, 15) is 0 Å². The number of aryl methyl sites for hydroxylation is 2. The predicted molar refractivity (Wildman–Crippen MR) is 69.0 cm³/mol. The highest BCUT2D eigenvalue weighted by atomic mass is 16.5. The lowest BCUT2D eigenvalue weighted by atomic mass is 9.97. The molecule has 0 spiro atoms. The monoisotopic (exact) mass is 231 g/mol. The topological polar surface area (TPSA) is 35.2 Å². The Balaban J connectivity index is 1.79. The Morgan fingerprint density at radius 3 is 2.82 bits per heavy atom. The molecular formula is C15H21NO. The van der Waals surface area contributed by atoms with Crippen molar-refractivity contribution >= 4 is 0 Å². The van der Waals surface area contributed by atoms with Gasteiger partial charge in [-0.15, -0.1) is 0 Å². The van der Waals surface area contributed by atoms with E-state index in [1.807, 2.05) is 0 Å². The SMILES string of the molecule is CC1CCC(C(N)c2ccc3c(c2)CCC3)O1. The Morgan fingerprint density at radius 1 is 1.24 bits per heavy atom. The van der Waals surface area contributed by atoms with Crippen LogP contribution in [0.3, 0.4) is 0 Å². The molecule has 3 unspecified atom stereocenters. The van der Waals surface area contributed by atoms with Gasteiger partial charge in [0.05, 0.1) is 18.2 Å². The third-order valence-electron chi connectivity index (χ3n) is 4.17. The molecular weight excluding hydrogens is 210 g/mol. The standard InChI is InChI=1S/C15H21NO/c1-10-5-8-14(17-10)15(16)13-7-6-11-3-2-4-12(11)9-13/h6-7,9-10,14-15H,2-5,8,16H2,1H3. The number of nitrogens with two attached hydrogens (primary N) is 1. The molecule has 0 radical (unpaired) electrons. The van der Waals surface area contributed by atoms with Crippen LogP contribution in [0.4, 0.5) is 0 Å². The van der Waals surface area contributed by atoms with Crippen molar-refractivity contribution in [1.29, 1.82) is 0 Å². The zero-order chi connectivity index (χ0) is 11.8. The van der Waals surface area contributed by atoms with Crippen LogP contribution in [0.25, 0.3) is 0 Å². The Kier molecular flexibility index (Phi) is 2.93. The van der Waals surface area contributed by atoms with E-state index in [2.05, 4.69) is 25.1 Å². The molecule has 3 rings (SSSR count). The van der Waals surface area contributed by atoms with E-state index in [1.165, 1.54) is 36.0 Å². The van der Waals surface area contributed by atoms with Crippen LogP contribution in [0.1, 0.15) is 48.9 Å². The maximum atomic E-state index is 6.33. The van der Waals surface area contributed by atoms with Crippen LogP contribution < -0.4 is 5.73 Å². The smallest absolute Gasteiger partial charge is 0.0772 e. The predicted octanol–water partition coefficient (Wildman–Crippen LogP) is 2.74. The van der Waals surface area contributed by atoms with Crippen molar-refractivity contribution in [1.82, 2.24) is 0 Å². The van der Waals surface area contributed by atoms with Gasteiger partial charge in [0.25, 0.3) is 0 Å². The summed E-state index contributed by atoms with van der Waals surface area (Å²) in [5, 5.41) is 0. The van der Waals surface area contributed by atoms with Gasteiger partial charge in [-0.1, -0.05) is 18.2 Å². The summed E-state index contributed by atoms with van der Waals surface area (Å²) >= 11 is 0. The number of ether oxygens (including phenoxy) is 1. The van der Waals surface area contributed by atoms with Crippen LogP contribution in [0, 0.1) is 0 Å². The third kappa shape index (κ3) is 2.12. The number of hydrogen-bond donors (Lipinski definition) is 1. The largest absolute Gasteiger partial charge is 0.373 e. The molecule has 2 aliphatic rings. The van der Waals surface area contributed by atoms with Crippen LogP contribution in [0.5, 0.6) is 0 Å². The zero-order valence-corrected chi connectivity index (χ0v) is 10.5. The van der Waals surface area contributed by atoms with E-state index >= 15 is 0 Å². The normalized spacial score (nSPS) is 29.3. The van der Waals surface area contributed by atoms with Crippen LogP contribution in [0.2, 0.25) is 0 Å². The Morgan fingerprint density at radius 2 is 2.06 bits per heavy atom. The van der Waals surface area contributed by atoms with Gasteiger partial charge in [-0.3, -0.25) is 0 Å². The lowest BCUT2D eigenvalue weighted by Crippen LogP contribution is -2.26. The highest BCUT2D eigenvalue weighted by Crippen LogP contribution is 2.31. The first kappa shape index (κ1) is 11.2. The van der Waals surface area contributed by atoms with Crippen molar-refractivity contribution in [2.45, 2.75) is 57.3 Å². The zero-order valence-electron chi connectivity index (χ0n) is 10.5. The van der Waals surface area contributed by atoms with Crippen LogP contribution in [0.15, 0.2) is 18.2 Å². The minimum Gasteiger partial charge on any atom is -0.373 e. The second kappa shape index (κ2) is 4.43. The minimum absolute atomic E-state index is 0.0471. The van der Waals surface area contributed by atoms with E-state index in [1.54, 1.807) is 0 Å². The molecule has 1 aliphatic carbocycles. The van der Waals surface area contributed by atoms with E-state index in [-0.39, 0.29) is 12.1 Å². The van der Waals surface area contributed by atoms with E-state index in [0.29, 0.717) is 6.10 Å². The summed E-state index contributed by atoms with van der Waals surface area (Å²) < 4.78 is 5.87. The van der Waals surface area contributed by atoms with Crippen molar-refractivity contribution in [3.05, 3.63) is 34.9 Å². The van der Waals surface area contributed by atoms with Gasteiger partial charge in [0.15, 0.2) is 0 Å². The third-order valence-corrected chi connectivity index (χ3v) is 4.17. The molecule has 17 heavy (non-hydrogen) atoms. The molecule has 0 aromatic heterocycles. The van der Waals surface area contributed by atoms with E-state index in [4.69, 9.17) is 10.5 Å². The fourth-order valence-corrected chi connectivity index (χ4v) is 3.11. The number of hydrogen-bond acceptors (Lipinski definition) is 2. The average Bonchev–Trinajstić information content (AvgIpc) is 2.95. The average molecular weight is 231 g/mol. The molecule has 0 bridgehead atoms. The Labute approximate surface area is 103 Å². The van der Waals surface area contributed by atoms with Crippen LogP contribution in [-0.4, -0.2) is 12.2 Å². The molecule has 92 valence electrons. The molecule has 3 atom stereocenters. The van der Waals surface area contributed by atoms with Gasteiger partial charge in [0.1, 0.15) is 0 Å². The molecule has 1 aromatic carbocycles. The second-order valence-electron chi connectivity index (χ2n) is 5.47. The van der Waals surface area contributed by atoms with Gasteiger partial charge in [-0.25, -0.2) is 0 Å². The summed E-state index contributed by atoms with van der Waals surface area (Å²) in [5.74, 6) is 0. The van der Waals surface area contributed by atoms with Gasteiger partial charge in [-0.2, -0.15) is 0 Å². The summed E-state index contributed by atoms with van der Waals surface area (Å²) in [4.78, 5) is 0. The number of fused-ring (bicyclic) bond motifs is 1. The van der Waals surface area contributed by atoms with Crippen LogP contribution >= 0.6 is 0 Å². The maximum Gasteiger partial charge on any atom is 0.0772 e. The number of rotatable bonds is 2. The minimum atomic E-state index is 0.0471. The quantitative estimate of drug-likeness (QED) is 0.849. The first-order valence-electron chi connectivity index (χ1n) is 6.77. The molecule has 2 N–H and O–H groups in total. The van der Waals surface area contributed by atoms with Crippen molar-refractivity contribution in [3.8, 4) is 0 Å².